The molecule has 2 unspecified atom stereocenters. The highest BCUT2D eigenvalue weighted by Gasteiger charge is 2.28. The lowest BCUT2D eigenvalue weighted by atomic mass is 10.1. The molecule has 0 aliphatic rings. The molecule has 2 rings (SSSR count). The van der Waals surface area contributed by atoms with Gasteiger partial charge in [0.25, 0.3) is 0 Å². The molecule has 7 heteroatoms. The summed E-state index contributed by atoms with van der Waals surface area (Å²) < 4.78 is 29.1. The zero-order valence-corrected chi connectivity index (χ0v) is 13.3. The first-order valence-corrected chi connectivity index (χ1v) is 7.77. The highest BCUT2D eigenvalue weighted by atomic mass is 32.2. The van der Waals surface area contributed by atoms with Crippen LogP contribution in [0.3, 0.4) is 0 Å². The van der Waals surface area contributed by atoms with Gasteiger partial charge in [-0.1, -0.05) is 6.07 Å². The lowest BCUT2D eigenvalue weighted by Crippen LogP contribution is -2.40. The summed E-state index contributed by atoms with van der Waals surface area (Å²) in [7, 11) is 0. The molecule has 0 aliphatic carbocycles. The lowest BCUT2D eigenvalue weighted by molar-refractivity contribution is 0.531. The topological polar surface area (TPSA) is 65.8 Å². The van der Waals surface area contributed by atoms with Crippen molar-refractivity contribution >= 4 is 11.4 Å². The Morgan fingerprint density at radius 3 is 2.52 bits per heavy atom. The highest BCUT2D eigenvalue weighted by Crippen LogP contribution is 2.19. The van der Waals surface area contributed by atoms with Crippen molar-refractivity contribution in [2.24, 2.45) is 0 Å². The maximum absolute atomic E-state index is 12.9. The van der Waals surface area contributed by atoms with Crippen LogP contribution in [-0.4, -0.2) is 24.1 Å². The van der Waals surface area contributed by atoms with E-state index < -0.39 is 17.2 Å². The van der Waals surface area contributed by atoms with Gasteiger partial charge in [-0.05, 0) is 39.3 Å². The number of pyridine rings is 1. The van der Waals surface area contributed by atoms with Gasteiger partial charge in [0.1, 0.15) is 4.75 Å². The Morgan fingerprint density at radius 2 is 2.05 bits per heavy atom. The normalized spacial score (nSPS) is 15.0. The Morgan fingerprint density at radius 1 is 1.33 bits per heavy atom. The van der Waals surface area contributed by atoms with Gasteiger partial charge < -0.3 is 4.55 Å². The van der Waals surface area contributed by atoms with Crippen molar-refractivity contribution in [2.75, 3.05) is 0 Å². The number of hydrogen-bond acceptors (Lipinski definition) is 4. The van der Waals surface area contributed by atoms with E-state index in [1.165, 1.54) is 10.9 Å². The van der Waals surface area contributed by atoms with Crippen LogP contribution in [0, 0.1) is 5.82 Å². The quantitative estimate of drug-likeness (QED) is 0.881. The summed E-state index contributed by atoms with van der Waals surface area (Å²) in [6, 6.07) is 3.51. The van der Waals surface area contributed by atoms with Crippen molar-refractivity contribution in [2.45, 2.75) is 38.5 Å². The predicted molar refractivity (Wildman–Crippen MR) is 80.8 cm³/mol. The molecule has 2 aromatic rings. The van der Waals surface area contributed by atoms with E-state index in [1.807, 2.05) is 33.8 Å². The largest absolute Gasteiger partial charge is 0.598 e. The van der Waals surface area contributed by atoms with Crippen molar-refractivity contribution in [3.8, 4) is 5.82 Å². The molecule has 0 saturated carbocycles. The van der Waals surface area contributed by atoms with E-state index in [9.17, 15) is 8.94 Å². The Kier molecular flexibility index (Phi) is 4.65. The van der Waals surface area contributed by atoms with Gasteiger partial charge in [0, 0.05) is 17.6 Å². The van der Waals surface area contributed by atoms with Crippen LogP contribution in [-0.2, 0) is 11.4 Å². The molecule has 0 aliphatic heterocycles. The molecule has 2 heterocycles. The van der Waals surface area contributed by atoms with Gasteiger partial charge in [-0.25, -0.2) is 14.1 Å². The van der Waals surface area contributed by atoms with Crippen LogP contribution >= 0.6 is 0 Å². The van der Waals surface area contributed by atoms with E-state index in [2.05, 4.69) is 14.8 Å². The average Bonchev–Trinajstić information content (AvgIpc) is 2.84. The number of nitrogens with zero attached hydrogens (tertiary/aromatic N) is 3. The van der Waals surface area contributed by atoms with Crippen molar-refractivity contribution < 1.29 is 8.94 Å². The van der Waals surface area contributed by atoms with Crippen molar-refractivity contribution in [1.82, 2.24) is 19.5 Å². The number of hydrogen-bond donors (Lipinski definition) is 1. The van der Waals surface area contributed by atoms with Gasteiger partial charge in [-0.2, -0.15) is 5.10 Å². The summed E-state index contributed by atoms with van der Waals surface area (Å²) in [6.45, 7) is 7.66. The maximum Gasteiger partial charge on any atom is 0.161 e. The Labute approximate surface area is 126 Å². The monoisotopic (exact) mass is 310 g/mol. The third kappa shape index (κ3) is 4.03. The van der Waals surface area contributed by atoms with Crippen molar-refractivity contribution in [3.63, 3.8) is 0 Å². The van der Waals surface area contributed by atoms with E-state index in [-0.39, 0.29) is 10.8 Å². The third-order valence-corrected chi connectivity index (χ3v) is 4.58. The summed E-state index contributed by atoms with van der Waals surface area (Å²) in [4.78, 5) is 4.25. The average molecular weight is 310 g/mol. The van der Waals surface area contributed by atoms with Crippen LogP contribution in [0.15, 0.2) is 30.7 Å². The summed E-state index contributed by atoms with van der Waals surface area (Å²) in [5.41, 5.74) is 0.906. The lowest BCUT2D eigenvalue weighted by Gasteiger charge is -2.26. The molecule has 0 spiro atoms. The predicted octanol–water partition coefficient (Wildman–Crippen LogP) is 2.52. The Hall–Kier alpha value is -1.44. The number of rotatable bonds is 4. The van der Waals surface area contributed by atoms with Crippen LogP contribution < -0.4 is 4.72 Å². The second kappa shape index (κ2) is 6.13. The first-order chi connectivity index (χ1) is 9.77. The van der Waals surface area contributed by atoms with Gasteiger partial charge in [-0.15, -0.1) is 4.72 Å². The molecule has 5 nitrogen and oxygen atoms in total. The summed E-state index contributed by atoms with van der Waals surface area (Å²) in [5, 5.41) is 3.86. The fraction of sp³-hybridized carbons (Fsp3) is 0.429. The van der Waals surface area contributed by atoms with Gasteiger partial charge in [0.2, 0.25) is 0 Å². The SMILES string of the molecule is CC(N[S+]([O-])C(C)(C)C)c1ccc(-n2cc(F)cn2)nc1. The first kappa shape index (κ1) is 15.9. The van der Waals surface area contributed by atoms with Gasteiger partial charge in [0.05, 0.1) is 18.4 Å². The summed E-state index contributed by atoms with van der Waals surface area (Å²) in [5.74, 6) is 0.128. The van der Waals surface area contributed by atoms with Crippen LogP contribution in [0.4, 0.5) is 4.39 Å². The number of aromatic nitrogens is 3. The minimum absolute atomic E-state index is 0.0963. The summed E-state index contributed by atoms with van der Waals surface area (Å²) >= 11 is -1.15. The molecular weight excluding hydrogens is 291 g/mol. The third-order valence-electron chi connectivity index (χ3n) is 2.90. The standard InChI is InChI=1S/C14H19FN4OS/c1-10(18-21(20)14(2,3)4)11-5-6-13(16-7-11)19-9-12(15)8-17-19/h5-10,18H,1-4H3. The zero-order valence-electron chi connectivity index (χ0n) is 12.5. The van der Waals surface area contributed by atoms with Crippen LogP contribution in [0.25, 0.3) is 5.82 Å². The molecule has 2 aromatic heterocycles. The molecule has 0 radical (unpaired) electrons. The number of nitrogens with one attached hydrogen (secondary N) is 1. The molecular formula is C14H19FN4OS. The smallest absolute Gasteiger partial charge is 0.161 e. The molecule has 0 fully saturated rings. The Bertz CT molecular complexity index is 594. The molecule has 0 saturated heterocycles. The van der Waals surface area contributed by atoms with Crippen molar-refractivity contribution in [1.29, 1.82) is 0 Å². The molecule has 1 N–H and O–H groups in total. The minimum Gasteiger partial charge on any atom is -0.598 e. The Balaban J connectivity index is 2.08. The summed E-state index contributed by atoms with van der Waals surface area (Å²) in [6.07, 6.45) is 4.07. The van der Waals surface area contributed by atoms with E-state index >= 15 is 0 Å². The van der Waals surface area contributed by atoms with Gasteiger partial charge in [0.15, 0.2) is 11.6 Å². The van der Waals surface area contributed by atoms with Gasteiger partial charge in [-0.3, -0.25) is 0 Å². The molecule has 0 amide bonds. The van der Waals surface area contributed by atoms with E-state index in [1.54, 1.807) is 12.3 Å². The zero-order chi connectivity index (χ0) is 15.6. The fourth-order valence-corrected chi connectivity index (χ4v) is 2.43. The second-order valence-electron chi connectivity index (χ2n) is 5.77. The first-order valence-electron chi connectivity index (χ1n) is 6.62. The van der Waals surface area contributed by atoms with Gasteiger partial charge >= 0.3 is 0 Å². The number of halogens is 1. The minimum atomic E-state index is -1.15. The second-order valence-corrected chi connectivity index (χ2v) is 7.77. The van der Waals surface area contributed by atoms with E-state index in [0.717, 1.165) is 11.8 Å². The van der Waals surface area contributed by atoms with Crippen molar-refractivity contribution in [3.05, 3.63) is 42.1 Å². The molecule has 0 aromatic carbocycles. The molecule has 0 bridgehead atoms. The van der Waals surface area contributed by atoms with Crippen LogP contribution in [0.1, 0.15) is 39.3 Å². The highest BCUT2D eigenvalue weighted by molar-refractivity contribution is 7.90. The fourth-order valence-electron chi connectivity index (χ4n) is 1.62. The van der Waals surface area contributed by atoms with Crippen LogP contribution in [0.2, 0.25) is 0 Å². The molecule has 2 atom stereocenters. The van der Waals surface area contributed by atoms with E-state index in [0.29, 0.717) is 5.82 Å². The van der Waals surface area contributed by atoms with E-state index in [4.69, 9.17) is 0 Å². The molecule has 21 heavy (non-hydrogen) atoms. The maximum atomic E-state index is 12.9. The molecule has 114 valence electrons. The van der Waals surface area contributed by atoms with Crippen LogP contribution in [0.5, 0.6) is 0 Å².